The van der Waals surface area contributed by atoms with Crippen molar-refractivity contribution in [2.75, 3.05) is 5.32 Å². The summed E-state index contributed by atoms with van der Waals surface area (Å²) < 4.78 is 51.4. The molecule has 3 rings (SSSR count). The highest BCUT2D eigenvalue weighted by atomic mass is 32.1. The Bertz CT molecular complexity index is 937. The summed E-state index contributed by atoms with van der Waals surface area (Å²) >= 11 is 1.26. The monoisotopic (exact) mass is 380 g/mol. The van der Waals surface area contributed by atoms with Crippen molar-refractivity contribution in [2.24, 2.45) is 0 Å². The molecule has 8 heteroatoms. The number of halogens is 4. The molecule has 0 saturated heterocycles. The van der Waals surface area contributed by atoms with E-state index in [1.807, 2.05) is 0 Å². The molecule has 0 aliphatic heterocycles. The third-order valence-electron chi connectivity index (χ3n) is 3.44. The topological polar surface area (TPSA) is 42.0 Å². The van der Waals surface area contributed by atoms with Crippen LogP contribution >= 0.6 is 11.3 Å². The number of thiazole rings is 1. The molecule has 0 radical (unpaired) electrons. The Morgan fingerprint density at radius 3 is 2.62 bits per heavy atom. The van der Waals surface area contributed by atoms with Gasteiger partial charge in [-0.2, -0.15) is 13.2 Å². The number of carbonyl (C=O) groups is 1. The van der Waals surface area contributed by atoms with Crippen molar-refractivity contribution in [2.45, 2.75) is 12.6 Å². The maximum Gasteiger partial charge on any atom is 0.416 e. The summed E-state index contributed by atoms with van der Waals surface area (Å²) in [6, 6.07) is 10.3. The maximum atomic E-state index is 13.3. The zero-order valence-corrected chi connectivity index (χ0v) is 14.0. The van der Waals surface area contributed by atoms with Gasteiger partial charge in [-0.05, 0) is 30.3 Å². The first-order valence-corrected chi connectivity index (χ1v) is 8.37. The van der Waals surface area contributed by atoms with E-state index in [9.17, 15) is 22.4 Å². The van der Waals surface area contributed by atoms with E-state index in [4.69, 9.17) is 0 Å². The zero-order valence-electron chi connectivity index (χ0n) is 13.2. The number of rotatable bonds is 4. The fraction of sp³-hybridized carbons (Fsp3) is 0.111. The highest BCUT2D eigenvalue weighted by Crippen LogP contribution is 2.30. The van der Waals surface area contributed by atoms with Crippen molar-refractivity contribution in [1.82, 2.24) is 4.98 Å². The molecule has 0 bridgehead atoms. The molecule has 0 spiro atoms. The van der Waals surface area contributed by atoms with Gasteiger partial charge < -0.3 is 5.32 Å². The van der Waals surface area contributed by atoms with Crippen LogP contribution in [0.4, 0.5) is 23.2 Å². The van der Waals surface area contributed by atoms with Crippen molar-refractivity contribution < 1.29 is 22.4 Å². The molecule has 1 N–H and O–H groups in total. The van der Waals surface area contributed by atoms with Crippen LogP contribution in [0.25, 0.3) is 10.6 Å². The second-order valence-corrected chi connectivity index (χ2v) is 6.32. The lowest BCUT2D eigenvalue weighted by Gasteiger charge is -2.09. The number of carbonyl (C=O) groups excluding carboxylic acids is 1. The van der Waals surface area contributed by atoms with Crippen molar-refractivity contribution in [3.05, 3.63) is 71.0 Å². The van der Waals surface area contributed by atoms with Crippen LogP contribution in [0.1, 0.15) is 11.3 Å². The van der Waals surface area contributed by atoms with E-state index in [-0.39, 0.29) is 17.9 Å². The molecule has 1 heterocycles. The van der Waals surface area contributed by atoms with E-state index < -0.39 is 17.6 Å². The third-order valence-corrected chi connectivity index (χ3v) is 4.38. The molecule has 1 aromatic heterocycles. The molecule has 0 aliphatic rings. The van der Waals surface area contributed by atoms with Crippen molar-refractivity contribution in [1.29, 1.82) is 0 Å². The van der Waals surface area contributed by atoms with Crippen LogP contribution in [0, 0.1) is 5.82 Å². The highest BCUT2D eigenvalue weighted by Gasteiger charge is 2.30. The molecule has 3 nitrogen and oxygen atoms in total. The van der Waals surface area contributed by atoms with E-state index in [0.29, 0.717) is 16.3 Å². The first kappa shape index (κ1) is 18.1. The van der Waals surface area contributed by atoms with Crippen LogP contribution in [0.15, 0.2) is 53.9 Å². The molecule has 2 aromatic carbocycles. The van der Waals surface area contributed by atoms with E-state index in [0.717, 1.165) is 12.1 Å². The average molecular weight is 380 g/mol. The molecule has 1 amide bonds. The maximum absolute atomic E-state index is 13.3. The molecule has 3 aromatic rings. The lowest BCUT2D eigenvalue weighted by Crippen LogP contribution is -2.15. The first-order valence-electron chi connectivity index (χ1n) is 7.49. The third kappa shape index (κ3) is 4.45. The average Bonchev–Trinajstić information content (AvgIpc) is 3.02. The van der Waals surface area contributed by atoms with Gasteiger partial charge in [0.15, 0.2) is 0 Å². The summed E-state index contributed by atoms with van der Waals surface area (Å²) in [5.74, 6) is -0.873. The number of nitrogens with zero attached hydrogens (tertiary/aromatic N) is 1. The molecule has 0 aliphatic carbocycles. The van der Waals surface area contributed by atoms with Crippen LogP contribution in [0.3, 0.4) is 0 Å². The van der Waals surface area contributed by atoms with Gasteiger partial charge >= 0.3 is 6.18 Å². The molecule has 26 heavy (non-hydrogen) atoms. The summed E-state index contributed by atoms with van der Waals surface area (Å²) in [6.07, 6.45) is -4.57. The predicted molar refractivity (Wildman–Crippen MR) is 91.3 cm³/mol. The Kier molecular flexibility index (Phi) is 5.03. The van der Waals surface area contributed by atoms with Crippen molar-refractivity contribution >= 4 is 22.9 Å². The second kappa shape index (κ2) is 7.25. The predicted octanol–water partition coefficient (Wildman–Crippen LogP) is 5.15. The van der Waals surface area contributed by atoms with Crippen molar-refractivity contribution in [3.8, 4) is 10.6 Å². The van der Waals surface area contributed by atoms with Gasteiger partial charge in [-0.3, -0.25) is 4.79 Å². The molecule has 0 unspecified atom stereocenters. The smallest absolute Gasteiger partial charge is 0.326 e. The summed E-state index contributed by atoms with van der Waals surface area (Å²) in [7, 11) is 0. The Morgan fingerprint density at radius 1 is 1.12 bits per heavy atom. The minimum absolute atomic E-state index is 0.0606. The Hall–Kier alpha value is -2.74. The fourth-order valence-electron chi connectivity index (χ4n) is 2.29. The minimum atomic E-state index is -4.48. The number of nitrogens with one attached hydrogen (secondary N) is 1. The molecule has 0 atom stereocenters. The molecular formula is C18H12F4N2OS. The van der Waals surface area contributed by atoms with E-state index >= 15 is 0 Å². The Balaban J connectivity index is 1.68. The number of amides is 1. The van der Waals surface area contributed by atoms with Crippen LogP contribution in [0.5, 0.6) is 0 Å². The Labute approximate surface area is 150 Å². The van der Waals surface area contributed by atoms with Gasteiger partial charge in [0.2, 0.25) is 5.91 Å². The van der Waals surface area contributed by atoms with Gasteiger partial charge in [-0.1, -0.05) is 18.2 Å². The Morgan fingerprint density at radius 2 is 1.88 bits per heavy atom. The summed E-state index contributed by atoms with van der Waals surface area (Å²) in [5, 5.41) is 4.65. The minimum Gasteiger partial charge on any atom is -0.326 e. The fourth-order valence-corrected chi connectivity index (χ4v) is 3.10. The number of alkyl halides is 3. The first-order chi connectivity index (χ1) is 12.3. The number of hydrogen-bond donors (Lipinski definition) is 1. The van der Waals surface area contributed by atoms with E-state index in [1.165, 1.54) is 35.6 Å². The summed E-state index contributed by atoms with van der Waals surface area (Å²) in [5.41, 5.74) is 0.279. The number of anilines is 1. The van der Waals surface area contributed by atoms with Gasteiger partial charge in [-0.15, -0.1) is 11.3 Å². The number of hydrogen-bond acceptors (Lipinski definition) is 3. The number of benzene rings is 2. The van der Waals surface area contributed by atoms with Gasteiger partial charge in [0.05, 0.1) is 17.7 Å². The summed E-state index contributed by atoms with van der Waals surface area (Å²) in [6.45, 7) is 0. The largest absolute Gasteiger partial charge is 0.416 e. The van der Waals surface area contributed by atoms with Crippen LogP contribution in [-0.2, 0) is 17.4 Å². The lowest BCUT2D eigenvalue weighted by atomic mass is 10.2. The summed E-state index contributed by atoms with van der Waals surface area (Å²) in [4.78, 5) is 16.3. The molecular weight excluding hydrogens is 368 g/mol. The van der Waals surface area contributed by atoms with Gasteiger partial charge in [0.1, 0.15) is 10.8 Å². The van der Waals surface area contributed by atoms with Crippen molar-refractivity contribution in [3.63, 3.8) is 0 Å². The SMILES string of the molecule is O=C(Cc1csc(-c2cccc(F)c2)n1)Nc1cccc(C(F)(F)F)c1. The standard InChI is InChI=1S/C18H12F4N2OS/c19-13-5-1-3-11(7-13)17-24-15(10-26-17)9-16(25)23-14-6-2-4-12(8-14)18(20,21)22/h1-8,10H,9H2,(H,23,25). The van der Waals surface area contributed by atoms with Crippen LogP contribution in [0.2, 0.25) is 0 Å². The van der Waals surface area contributed by atoms with E-state index in [1.54, 1.807) is 17.5 Å². The molecule has 0 saturated carbocycles. The van der Waals surface area contributed by atoms with E-state index in [2.05, 4.69) is 10.3 Å². The van der Waals surface area contributed by atoms with Crippen LogP contribution in [-0.4, -0.2) is 10.9 Å². The molecule has 0 fully saturated rings. The van der Waals surface area contributed by atoms with Gasteiger partial charge in [0.25, 0.3) is 0 Å². The highest BCUT2D eigenvalue weighted by molar-refractivity contribution is 7.13. The quantitative estimate of drug-likeness (QED) is 0.636. The number of aromatic nitrogens is 1. The molecule has 134 valence electrons. The van der Waals surface area contributed by atoms with Crippen LogP contribution < -0.4 is 5.32 Å². The zero-order chi connectivity index (χ0) is 18.7. The normalized spacial score (nSPS) is 11.4. The van der Waals surface area contributed by atoms with Gasteiger partial charge in [-0.25, -0.2) is 9.37 Å². The van der Waals surface area contributed by atoms with Gasteiger partial charge in [0, 0.05) is 16.6 Å². The lowest BCUT2D eigenvalue weighted by molar-refractivity contribution is -0.137. The second-order valence-electron chi connectivity index (χ2n) is 5.46.